The van der Waals surface area contributed by atoms with Crippen LogP contribution in [0.2, 0.25) is 0 Å². The first-order chi connectivity index (χ1) is 17.1. The highest BCUT2D eigenvalue weighted by Crippen LogP contribution is 2.38. The zero-order chi connectivity index (χ0) is 26.0. The number of aromatic nitrogens is 5. The number of carbonyl (C=O) groups is 3. The van der Waals surface area contributed by atoms with Crippen LogP contribution in [0.4, 0.5) is 15.4 Å². The average molecular weight is 498 g/mol. The maximum Gasteiger partial charge on any atom is 0.425 e. The van der Waals surface area contributed by atoms with Gasteiger partial charge in [0.25, 0.3) is 5.88 Å². The third-order valence-corrected chi connectivity index (χ3v) is 5.38. The van der Waals surface area contributed by atoms with Crippen LogP contribution >= 0.6 is 0 Å². The number of hydrogen-bond acceptors (Lipinski definition) is 10. The van der Waals surface area contributed by atoms with Crippen LogP contribution < -0.4 is 14.4 Å². The SMILES string of the molecule is COc1ccnc(Oc2nn(C3CCCCC3=O)c3ncnc(N(C(=O)O)C(=O)OC(C)(C)C)c23)c1. The van der Waals surface area contributed by atoms with E-state index in [-0.39, 0.29) is 34.4 Å². The van der Waals surface area contributed by atoms with Crippen molar-refractivity contribution in [2.45, 2.75) is 58.1 Å². The van der Waals surface area contributed by atoms with E-state index >= 15 is 0 Å². The summed E-state index contributed by atoms with van der Waals surface area (Å²) in [7, 11) is 1.48. The van der Waals surface area contributed by atoms with Crippen LogP contribution in [0.5, 0.6) is 17.5 Å². The van der Waals surface area contributed by atoms with Crippen molar-refractivity contribution in [2.24, 2.45) is 0 Å². The summed E-state index contributed by atoms with van der Waals surface area (Å²) in [6.07, 6.45) is 2.26. The van der Waals surface area contributed by atoms with Gasteiger partial charge in [0.05, 0.1) is 7.11 Å². The molecule has 3 aromatic heterocycles. The molecule has 1 atom stereocenters. The molecule has 0 spiro atoms. The molecule has 4 rings (SSSR count). The largest absolute Gasteiger partial charge is 0.497 e. The Kier molecular flexibility index (Phi) is 6.73. The number of methoxy groups -OCH3 is 1. The normalized spacial score (nSPS) is 16.0. The molecule has 190 valence electrons. The van der Waals surface area contributed by atoms with Crippen molar-refractivity contribution in [3.8, 4) is 17.5 Å². The standard InChI is InChI=1S/C23H26N6O7/c1-23(2,3)36-22(33)28(21(31)32)18-17-19(26-12-25-18)29(14-7-5-6-8-15(14)30)27-20(17)35-16-11-13(34-4)9-10-24-16/h9-12,14H,5-8H2,1-4H3,(H,31,32). The number of pyridine rings is 1. The summed E-state index contributed by atoms with van der Waals surface area (Å²) in [5, 5.41) is 14.4. The number of carbonyl (C=O) groups excluding carboxylic acids is 2. The third kappa shape index (κ3) is 5.04. The molecule has 0 aliphatic heterocycles. The van der Waals surface area contributed by atoms with Crippen molar-refractivity contribution in [3.05, 3.63) is 24.7 Å². The molecule has 1 fully saturated rings. The summed E-state index contributed by atoms with van der Waals surface area (Å²) in [5.74, 6) is 0.0659. The number of ether oxygens (including phenoxy) is 3. The third-order valence-electron chi connectivity index (χ3n) is 5.38. The Labute approximate surface area is 206 Å². The second-order valence-corrected chi connectivity index (χ2v) is 9.11. The second-order valence-electron chi connectivity index (χ2n) is 9.11. The van der Waals surface area contributed by atoms with Crippen LogP contribution in [0.1, 0.15) is 52.5 Å². The van der Waals surface area contributed by atoms with Gasteiger partial charge in [0.15, 0.2) is 17.2 Å². The van der Waals surface area contributed by atoms with Crippen LogP contribution in [0.15, 0.2) is 24.7 Å². The van der Waals surface area contributed by atoms with E-state index in [1.807, 2.05) is 0 Å². The van der Waals surface area contributed by atoms with E-state index in [4.69, 9.17) is 14.2 Å². The lowest BCUT2D eigenvalue weighted by molar-refractivity contribution is -0.124. The molecule has 1 unspecified atom stereocenters. The highest BCUT2D eigenvalue weighted by Gasteiger charge is 2.36. The second kappa shape index (κ2) is 9.76. The van der Waals surface area contributed by atoms with Crippen molar-refractivity contribution in [1.29, 1.82) is 0 Å². The lowest BCUT2D eigenvalue weighted by Gasteiger charge is -2.24. The van der Waals surface area contributed by atoms with Gasteiger partial charge >= 0.3 is 12.2 Å². The van der Waals surface area contributed by atoms with E-state index in [1.165, 1.54) is 24.1 Å². The first-order valence-electron chi connectivity index (χ1n) is 11.3. The summed E-state index contributed by atoms with van der Waals surface area (Å²) in [4.78, 5) is 50.6. The van der Waals surface area contributed by atoms with Gasteiger partial charge in [-0.2, -0.15) is 4.90 Å². The van der Waals surface area contributed by atoms with Crippen LogP contribution in [0, 0.1) is 0 Å². The van der Waals surface area contributed by atoms with Gasteiger partial charge in [-0.05, 0) is 39.7 Å². The Hall–Kier alpha value is -4.29. The Morgan fingerprint density at radius 1 is 1.19 bits per heavy atom. The van der Waals surface area contributed by atoms with Gasteiger partial charge in [0.1, 0.15) is 29.1 Å². The molecule has 13 heteroatoms. The van der Waals surface area contributed by atoms with Gasteiger partial charge in [-0.3, -0.25) is 4.79 Å². The molecule has 2 amide bonds. The van der Waals surface area contributed by atoms with Crippen molar-refractivity contribution in [3.63, 3.8) is 0 Å². The molecule has 3 heterocycles. The summed E-state index contributed by atoms with van der Waals surface area (Å²) in [5.41, 5.74) is -0.840. The van der Waals surface area contributed by atoms with Gasteiger partial charge in [0, 0.05) is 18.7 Å². The molecular weight excluding hydrogens is 472 g/mol. The Morgan fingerprint density at radius 3 is 2.64 bits per heavy atom. The van der Waals surface area contributed by atoms with Crippen LogP contribution in [-0.2, 0) is 9.53 Å². The maximum atomic E-state index is 12.9. The molecule has 0 aromatic carbocycles. The molecule has 1 saturated carbocycles. The number of fused-ring (bicyclic) bond motifs is 1. The fourth-order valence-corrected chi connectivity index (χ4v) is 3.84. The minimum absolute atomic E-state index is 0.00810. The van der Waals surface area contributed by atoms with Crippen molar-refractivity contribution in [2.75, 3.05) is 12.0 Å². The Balaban J connectivity index is 1.91. The number of nitrogens with zero attached hydrogens (tertiary/aromatic N) is 6. The summed E-state index contributed by atoms with van der Waals surface area (Å²) in [6.45, 7) is 4.82. The van der Waals surface area contributed by atoms with Crippen molar-refractivity contribution < 1.29 is 33.7 Å². The van der Waals surface area contributed by atoms with E-state index in [9.17, 15) is 19.5 Å². The molecule has 36 heavy (non-hydrogen) atoms. The number of anilines is 1. The van der Waals surface area contributed by atoms with Gasteiger partial charge in [0.2, 0.25) is 5.88 Å². The smallest absolute Gasteiger partial charge is 0.425 e. The van der Waals surface area contributed by atoms with Crippen LogP contribution in [0.25, 0.3) is 11.0 Å². The molecule has 1 aliphatic carbocycles. The van der Waals surface area contributed by atoms with Gasteiger partial charge in [-0.1, -0.05) is 6.42 Å². The van der Waals surface area contributed by atoms with Crippen LogP contribution in [0.3, 0.4) is 0 Å². The van der Waals surface area contributed by atoms with E-state index < -0.39 is 23.8 Å². The number of rotatable bonds is 5. The van der Waals surface area contributed by atoms with Crippen LogP contribution in [-0.4, -0.2) is 60.5 Å². The zero-order valence-corrected chi connectivity index (χ0v) is 20.3. The van der Waals surface area contributed by atoms with E-state index in [0.717, 1.165) is 19.2 Å². The summed E-state index contributed by atoms with van der Waals surface area (Å²) >= 11 is 0. The lowest BCUT2D eigenvalue weighted by Crippen LogP contribution is -2.40. The van der Waals surface area contributed by atoms with E-state index in [1.54, 1.807) is 26.8 Å². The minimum atomic E-state index is -1.63. The molecule has 1 N–H and O–H groups in total. The first kappa shape index (κ1) is 24.8. The average Bonchev–Trinajstić information content (AvgIpc) is 3.17. The molecule has 13 nitrogen and oxygen atoms in total. The van der Waals surface area contributed by atoms with Crippen molar-refractivity contribution >= 4 is 34.8 Å². The lowest BCUT2D eigenvalue weighted by atomic mass is 9.94. The predicted molar refractivity (Wildman–Crippen MR) is 125 cm³/mol. The monoisotopic (exact) mass is 498 g/mol. The Bertz CT molecular complexity index is 1320. The number of hydrogen-bond donors (Lipinski definition) is 1. The molecular formula is C23H26N6O7. The Morgan fingerprint density at radius 2 is 1.97 bits per heavy atom. The highest BCUT2D eigenvalue weighted by atomic mass is 16.6. The molecule has 1 aliphatic rings. The number of Topliss-reactive ketones (excluding diaryl/α,β-unsaturated/α-hetero) is 1. The topological polar surface area (TPSA) is 159 Å². The molecule has 0 saturated heterocycles. The number of ketones is 1. The first-order valence-corrected chi connectivity index (χ1v) is 11.3. The molecule has 0 bridgehead atoms. The maximum absolute atomic E-state index is 12.9. The molecule has 3 aromatic rings. The van der Waals surface area contributed by atoms with Crippen molar-refractivity contribution in [1.82, 2.24) is 24.7 Å². The van der Waals surface area contributed by atoms with Gasteiger partial charge in [-0.15, -0.1) is 5.10 Å². The van der Waals surface area contributed by atoms with Gasteiger partial charge in [-0.25, -0.2) is 29.2 Å². The van der Waals surface area contributed by atoms with Gasteiger partial charge < -0.3 is 19.3 Å². The summed E-state index contributed by atoms with van der Waals surface area (Å²) < 4.78 is 17.8. The zero-order valence-electron chi connectivity index (χ0n) is 20.3. The predicted octanol–water partition coefficient (Wildman–Crippen LogP) is 4.13. The fourth-order valence-electron chi connectivity index (χ4n) is 3.84. The number of amides is 2. The minimum Gasteiger partial charge on any atom is -0.497 e. The van der Waals surface area contributed by atoms with E-state index in [0.29, 0.717) is 23.5 Å². The highest BCUT2D eigenvalue weighted by molar-refractivity contribution is 6.13. The fraction of sp³-hybridized carbons (Fsp3) is 0.435. The summed E-state index contributed by atoms with van der Waals surface area (Å²) in [6, 6.07) is 2.50. The number of imide groups is 1. The number of carboxylic acid groups (broad SMARTS) is 1. The quantitative estimate of drug-likeness (QED) is 0.539. The molecule has 0 radical (unpaired) electrons. The van der Waals surface area contributed by atoms with E-state index in [2.05, 4.69) is 20.1 Å².